The Morgan fingerprint density at radius 1 is 1.12 bits per heavy atom. The Morgan fingerprint density at radius 2 is 1.76 bits per heavy atom. The van der Waals surface area contributed by atoms with Gasteiger partial charge in [-0.25, -0.2) is 0 Å². The van der Waals surface area contributed by atoms with Crippen molar-refractivity contribution in [1.29, 1.82) is 0 Å². The largest absolute Gasteiger partial charge is 0.351 e. The summed E-state index contributed by atoms with van der Waals surface area (Å²) in [6.45, 7) is 11.1. The van der Waals surface area contributed by atoms with E-state index in [0.29, 0.717) is 25.4 Å². The molecule has 1 saturated carbocycles. The Morgan fingerprint density at radius 3 is 2.40 bits per heavy atom. The zero-order valence-corrected chi connectivity index (χ0v) is 15.9. The van der Waals surface area contributed by atoms with Crippen LogP contribution in [0.5, 0.6) is 0 Å². The number of piperazine rings is 1. The molecule has 25 heavy (non-hydrogen) atoms. The average molecular weight is 351 g/mol. The summed E-state index contributed by atoms with van der Waals surface area (Å²) in [5.74, 6) is 0.192. The van der Waals surface area contributed by atoms with Crippen LogP contribution >= 0.6 is 0 Å². The molecule has 2 saturated heterocycles. The second-order valence-electron chi connectivity index (χ2n) is 8.05. The summed E-state index contributed by atoms with van der Waals surface area (Å²) in [4.78, 5) is 32.0. The maximum absolute atomic E-state index is 12.9. The molecular weight excluding hydrogens is 316 g/mol. The molecular formula is C19H34N4O2. The number of rotatable bonds is 6. The molecule has 1 unspecified atom stereocenters. The molecule has 0 radical (unpaired) electrons. The number of likely N-dealkylation sites (tertiary alicyclic amines) is 1. The molecule has 2 heterocycles. The van der Waals surface area contributed by atoms with Crippen LogP contribution < -0.4 is 5.32 Å². The molecule has 0 aromatic rings. The fourth-order valence-electron chi connectivity index (χ4n) is 4.48. The van der Waals surface area contributed by atoms with E-state index in [2.05, 4.69) is 22.0 Å². The first-order valence-corrected chi connectivity index (χ1v) is 10.1. The van der Waals surface area contributed by atoms with E-state index < -0.39 is 5.54 Å². The Labute approximate surface area is 151 Å². The van der Waals surface area contributed by atoms with Gasteiger partial charge in [0.1, 0.15) is 5.54 Å². The quantitative estimate of drug-likeness (QED) is 0.778. The van der Waals surface area contributed by atoms with Crippen LogP contribution in [0.25, 0.3) is 0 Å². The van der Waals surface area contributed by atoms with Crippen LogP contribution in [0.1, 0.15) is 52.4 Å². The zero-order chi connectivity index (χ0) is 17.9. The molecule has 0 spiro atoms. The van der Waals surface area contributed by atoms with E-state index in [4.69, 9.17) is 0 Å². The fraction of sp³-hybridized carbons (Fsp3) is 0.895. The molecule has 1 atom stereocenters. The molecule has 3 fully saturated rings. The highest BCUT2D eigenvalue weighted by molar-refractivity contribution is 5.94. The summed E-state index contributed by atoms with van der Waals surface area (Å²) in [6, 6.07) is 0.309. The van der Waals surface area contributed by atoms with E-state index >= 15 is 0 Å². The number of likely N-dealkylation sites (N-methyl/N-ethyl adjacent to an activating group) is 1. The Kier molecular flexibility index (Phi) is 6.00. The average Bonchev–Trinajstić information content (AvgIpc) is 3.23. The first-order chi connectivity index (χ1) is 12.0. The minimum Gasteiger partial charge on any atom is -0.351 e. The maximum atomic E-state index is 12.9. The summed E-state index contributed by atoms with van der Waals surface area (Å²) >= 11 is 0. The Hall–Kier alpha value is -1.14. The number of hydrogen-bond donors (Lipinski definition) is 1. The van der Waals surface area contributed by atoms with Gasteiger partial charge in [-0.2, -0.15) is 0 Å². The monoisotopic (exact) mass is 350 g/mol. The molecule has 6 heteroatoms. The van der Waals surface area contributed by atoms with Crippen molar-refractivity contribution in [3.63, 3.8) is 0 Å². The molecule has 2 amide bonds. The van der Waals surface area contributed by atoms with Gasteiger partial charge in [0.2, 0.25) is 11.8 Å². The van der Waals surface area contributed by atoms with Crippen LogP contribution in [0.15, 0.2) is 0 Å². The van der Waals surface area contributed by atoms with Crippen molar-refractivity contribution in [3.8, 4) is 0 Å². The van der Waals surface area contributed by atoms with Gasteiger partial charge in [0.15, 0.2) is 0 Å². The van der Waals surface area contributed by atoms with E-state index in [0.717, 1.165) is 52.1 Å². The van der Waals surface area contributed by atoms with E-state index in [1.165, 1.54) is 12.8 Å². The third kappa shape index (κ3) is 4.17. The fourth-order valence-corrected chi connectivity index (χ4v) is 4.48. The summed E-state index contributed by atoms with van der Waals surface area (Å²) in [6.07, 6.45) is 5.71. The van der Waals surface area contributed by atoms with Crippen molar-refractivity contribution in [3.05, 3.63) is 0 Å². The molecule has 142 valence electrons. The number of amides is 2. The minimum absolute atomic E-state index is 0.0565. The van der Waals surface area contributed by atoms with Gasteiger partial charge in [-0.05, 0) is 32.7 Å². The zero-order valence-electron chi connectivity index (χ0n) is 15.9. The predicted molar refractivity (Wildman–Crippen MR) is 98.3 cm³/mol. The lowest BCUT2D eigenvalue weighted by molar-refractivity contribution is -0.141. The van der Waals surface area contributed by atoms with Crippen molar-refractivity contribution >= 4 is 11.8 Å². The smallest absolute Gasteiger partial charge is 0.245 e. The van der Waals surface area contributed by atoms with Crippen LogP contribution in [0.2, 0.25) is 0 Å². The van der Waals surface area contributed by atoms with Crippen molar-refractivity contribution in [2.45, 2.75) is 64.0 Å². The van der Waals surface area contributed by atoms with E-state index in [-0.39, 0.29) is 11.8 Å². The third-order valence-corrected chi connectivity index (χ3v) is 6.45. The van der Waals surface area contributed by atoms with Gasteiger partial charge in [-0.15, -0.1) is 0 Å². The normalized spacial score (nSPS) is 29.5. The standard InChI is InChI=1S/C19H34N4O2/c1-3-21-10-12-22(13-11-21)14-15-23-17(24)8-9-19(23,2)18(25)20-16-6-4-5-7-16/h16H,3-15H2,1-2H3,(H,20,25). The Balaban J connectivity index is 1.54. The topological polar surface area (TPSA) is 55.9 Å². The maximum Gasteiger partial charge on any atom is 0.245 e. The second kappa shape index (κ2) is 8.04. The molecule has 1 N–H and O–H groups in total. The number of carbonyl (C=O) groups excluding carboxylic acids is 2. The second-order valence-corrected chi connectivity index (χ2v) is 8.05. The van der Waals surface area contributed by atoms with E-state index in [9.17, 15) is 9.59 Å². The highest BCUT2D eigenvalue weighted by Crippen LogP contribution is 2.31. The van der Waals surface area contributed by atoms with Crippen LogP contribution in [-0.4, -0.2) is 83.9 Å². The SMILES string of the molecule is CCN1CCN(CCN2C(=O)CCC2(C)C(=O)NC2CCCC2)CC1. The summed E-state index contributed by atoms with van der Waals surface area (Å²) in [7, 11) is 0. The number of nitrogens with one attached hydrogen (secondary N) is 1. The Bertz CT molecular complexity index is 484. The van der Waals surface area contributed by atoms with Gasteiger partial charge >= 0.3 is 0 Å². The first kappa shape index (κ1) is 18.6. The molecule has 3 rings (SSSR count). The van der Waals surface area contributed by atoms with Crippen LogP contribution in [-0.2, 0) is 9.59 Å². The molecule has 6 nitrogen and oxygen atoms in total. The highest BCUT2D eigenvalue weighted by Gasteiger charge is 2.47. The molecule has 0 aromatic carbocycles. The lowest BCUT2D eigenvalue weighted by Crippen LogP contribution is -2.58. The van der Waals surface area contributed by atoms with Gasteiger partial charge in [0, 0.05) is 51.7 Å². The molecule has 1 aliphatic carbocycles. The van der Waals surface area contributed by atoms with Crippen LogP contribution in [0, 0.1) is 0 Å². The van der Waals surface area contributed by atoms with E-state index in [1.54, 1.807) is 0 Å². The highest BCUT2D eigenvalue weighted by atomic mass is 16.2. The number of carbonyl (C=O) groups is 2. The molecule has 0 aromatic heterocycles. The lowest BCUT2D eigenvalue weighted by Gasteiger charge is -2.38. The van der Waals surface area contributed by atoms with Crippen LogP contribution in [0.3, 0.4) is 0 Å². The summed E-state index contributed by atoms with van der Waals surface area (Å²) < 4.78 is 0. The molecule has 3 aliphatic rings. The van der Waals surface area contributed by atoms with Gasteiger partial charge in [-0.1, -0.05) is 19.8 Å². The lowest BCUT2D eigenvalue weighted by atomic mass is 9.97. The number of nitrogens with zero attached hydrogens (tertiary/aromatic N) is 3. The van der Waals surface area contributed by atoms with Crippen molar-refractivity contribution in [1.82, 2.24) is 20.0 Å². The predicted octanol–water partition coefficient (Wildman–Crippen LogP) is 1.06. The van der Waals surface area contributed by atoms with E-state index in [1.807, 2.05) is 11.8 Å². The van der Waals surface area contributed by atoms with Crippen LogP contribution in [0.4, 0.5) is 0 Å². The number of hydrogen-bond acceptors (Lipinski definition) is 4. The minimum atomic E-state index is -0.662. The third-order valence-electron chi connectivity index (χ3n) is 6.45. The molecule has 2 aliphatic heterocycles. The summed E-state index contributed by atoms with van der Waals surface area (Å²) in [5.41, 5.74) is -0.662. The summed E-state index contributed by atoms with van der Waals surface area (Å²) in [5, 5.41) is 3.21. The van der Waals surface area contributed by atoms with Gasteiger partial charge in [0.05, 0.1) is 0 Å². The van der Waals surface area contributed by atoms with Gasteiger partial charge in [-0.3, -0.25) is 14.5 Å². The van der Waals surface area contributed by atoms with Crippen molar-refractivity contribution in [2.24, 2.45) is 0 Å². The van der Waals surface area contributed by atoms with Gasteiger partial charge < -0.3 is 15.1 Å². The van der Waals surface area contributed by atoms with Crippen molar-refractivity contribution < 1.29 is 9.59 Å². The first-order valence-electron chi connectivity index (χ1n) is 10.1. The van der Waals surface area contributed by atoms with Gasteiger partial charge in [0.25, 0.3) is 0 Å². The molecule has 0 bridgehead atoms. The van der Waals surface area contributed by atoms with Crippen molar-refractivity contribution in [2.75, 3.05) is 45.8 Å².